The molecule has 2 aromatic rings. The summed E-state index contributed by atoms with van der Waals surface area (Å²) in [5.74, 6) is 1.05. The van der Waals surface area contributed by atoms with Gasteiger partial charge in [-0.2, -0.15) is 10.5 Å². The molecule has 0 bridgehead atoms. The predicted octanol–water partition coefficient (Wildman–Crippen LogP) is 1.70. The number of anilines is 3. The minimum Gasteiger partial charge on any atom is -0.393 e. The van der Waals surface area contributed by atoms with E-state index in [1.165, 1.54) is 6.33 Å². The molecule has 2 rings (SSSR count). The van der Waals surface area contributed by atoms with E-state index in [1.807, 2.05) is 17.0 Å². The van der Waals surface area contributed by atoms with Gasteiger partial charge < -0.3 is 16.0 Å². The zero-order valence-corrected chi connectivity index (χ0v) is 13.2. The summed E-state index contributed by atoms with van der Waals surface area (Å²) in [4.78, 5) is 14.3. The van der Waals surface area contributed by atoms with Gasteiger partial charge in [-0.25, -0.2) is 9.97 Å². The summed E-state index contributed by atoms with van der Waals surface area (Å²) in [7, 11) is 0. The molecule has 0 aliphatic rings. The Hall–Kier alpha value is -3.39. The van der Waals surface area contributed by atoms with Crippen molar-refractivity contribution in [2.24, 2.45) is 0 Å². The molecule has 0 aliphatic carbocycles. The lowest BCUT2D eigenvalue weighted by atomic mass is 10.3. The molecule has 0 unspecified atom stereocenters. The Morgan fingerprint density at radius 1 is 1.17 bits per heavy atom. The van der Waals surface area contributed by atoms with Crippen molar-refractivity contribution in [3.63, 3.8) is 0 Å². The average molecular weight is 322 g/mol. The van der Waals surface area contributed by atoms with Crippen LogP contribution in [0.1, 0.15) is 18.4 Å². The van der Waals surface area contributed by atoms with Crippen molar-refractivity contribution < 1.29 is 0 Å². The zero-order chi connectivity index (χ0) is 17.2. The lowest BCUT2D eigenvalue weighted by Crippen LogP contribution is -2.27. The van der Waals surface area contributed by atoms with Gasteiger partial charge in [-0.15, -0.1) is 0 Å². The lowest BCUT2D eigenvalue weighted by molar-refractivity contribution is 0.781. The van der Waals surface area contributed by atoms with E-state index in [1.54, 1.807) is 12.4 Å². The van der Waals surface area contributed by atoms with E-state index in [0.29, 0.717) is 49.8 Å². The van der Waals surface area contributed by atoms with Crippen LogP contribution < -0.4 is 16.0 Å². The number of rotatable bonds is 8. The topological polar surface area (TPSA) is 128 Å². The highest BCUT2D eigenvalue weighted by molar-refractivity contribution is 5.74. The maximum absolute atomic E-state index is 8.80. The third-order valence-electron chi connectivity index (χ3n) is 3.33. The highest BCUT2D eigenvalue weighted by Crippen LogP contribution is 2.26. The number of nitriles is 2. The van der Waals surface area contributed by atoms with Gasteiger partial charge in [-0.3, -0.25) is 4.98 Å². The summed E-state index contributed by atoms with van der Waals surface area (Å²) in [6, 6.07) is 7.99. The van der Waals surface area contributed by atoms with Crippen LogP contribution in [0.4, 0.5) is 17.3 Å². The molecule has 8 nitrogen and oxygen atoms in total. The van der Waals surface area contributed by atoms with Crippen LogP contribution in [0.25, 0.3) is 0 Å². The fourth-order valence-electron chi connectivity index (χ4n) is 2.16. The van der Waals surface area contributed by atoms with Crippen LogP contribution in [0.3, 0.4) is 0 Å². The summed E-state index contributed by atoms with van der Waals surface area (Å²) in [5.41, 5.74) is 7.58. The van der Waals surface area contributed by atoms with Crippen molar-refractivity contribution in [1.29, 1.82) is 10.5 Å². The van der Waals surface area contributed by atoms with Gasteiger partial charge in [-0.1, -0.05) is 6.07 Å². The highest BCUT2D eigenvalue weighted by atomic mass is 15.2. The standard InChI is InChI=1S/C16H18N8/c17-5-2-8-24(9-3-6-18)16-14(19)15(22-12-23-16)21-11-13-4-1-7-20-10-13/h1,4,7,10,12H,2-3,8-9,11,19H2,(H,21,22,23). The van der Waals surface area contributed by atoms with Crippen molar-refractivity contribution in [1.82, 2.24) is 15.0 Å². The first-order valence-corrected chi connectivity index (χ1v) is 7.48. The van der Waals surface area contributed by atoms with E-state index in [0.717, 1.165) is 5.56 Å². The molecule has 0 saturated heterocycles. The van der Waals surface area contributed by atoms with E-state index in [2.05, 4.69) is 32.4 Å². The fraction of sp³-hybridized carbons (Fsp3) is 0.312. The van der Waals surface area contributed by atoms with Gasteiger partial charge in [0.15, 0.2) is 11.6 Å². The molecule has 0 saturated carbocycles. The second kappa shape index (κ2) is 8.91. The van der Waals surface area contributed by atoms with E-state index >= 15 is 0 Å². The van der Waals surface area contributed by atoms with Crippen LogP contribution in [0.15, 0.2) is 30.9 Å². The number of nitrogen functional groups attached to an aromatic ring is 1. The van der Waals surface area contributed by atoms with Gasteiger partial charge in [0, 0.05) is 32.0 Å². The molecule has 0 atom stereocenters. The van der Waals surface area contributed by atoms with Gasteiger partial charge in [-0.05, 0) is 11.6 Å². The molecule has 24 heavy (non-hydrogen) atoms. The fourth-order valence-corrected chi connectivity index (χ4v) is 2.16. The Labute approximate surface area is 140 Å². The van der Waals surface area contributed by atoms with Gasteiger partial charge in [0.05, 0.1) is 25.0 Å². The second-order valence-corrected chi connectivity index (χ2v) is 4.98. The molecule has 0 aromatic carbocycles. The number of hydrogen-bond donors (Lipinski definition) is 2. The Kier molecular flexibility index (Phi) is 6.30. The van der Waals surface area contributed by atoms with Gasteiger partial charge in [0.2, 0.25) is 0 Å². The Morgan fingerprint density at radius 2 is 1.92 bits per heavy atom. The summed E-state index contributed by atoms with van der Waals surface area (Å²) in [6.45, 7) is 1.45. The van der Waals surface area contributed by atoms with Crippen molar-refractivity contribution in [2.75, 3.05) is 29.0 Å². The van der Waals surface area contributed by atoms with E-state index in [4.69, 9.17) is 16.3 Å². The molecule has 3 N–H and O–H groups in total. The van der Waals surface area contributed by atoms with Crippen LogP contribution >= 0.6 is 0 Å². The second-order valence-electron chi connectivity index (χ2n) is 4.98. The van der Waals surface area contributed by atoms with Crippen LogP contribution in [0.5, 0.6) is 0 Å². The Morgan fingerprint density at radius 3 is 2.54 bits per heavy atom. The zero-order valence-electron chi connectivity index (χ0n) is 13.2. The first-order valence-electron chi connectivity index (χ1n) is 7.48. The van der Waals surface area contributed by atoms with E-state index in [9.17, 15) is 0 Å². The molecule has 122 valence electrons. The number of hydrogen-bond acceptors (Lipinski definition) is 8. The van der Waals surface area contributed by atoms with E-state index in [-0.39, 0.29) is 0 Å². The molecule has 0 aliphatic heterocycles. The smallest absolute Gasteiger partial charge is 0.157 e. The van der Waals surface area contributed by atoms with Crippen LogP contribution in [0.2, 0.25) is 0 Å². The minimum absolute atomic E-state index is 0.327. The van der Waals surface area contributed by atoms with Crippen molar-refractivity contribution in [3.8, 4) is 12.1 Å². The molecule has 0 spiro atoms. The predicted molar refractivity (Wildman–Crippen MR) is 90.7 cm³/mol. The Bertz CT molecular complexity index is 714. The Balaban J connectivity index is 2.15. The number of nitrogens with one attached hydrogen (secondary N) is 1. The summed E-state index contributed by atoms with van der Waals surface area (Å²) in [6.07, 6.45) is 5.55. The summed E-state index contributed by atoms with van der Waals surface area (Å²) < 4.78 is 0. The molecule has 2 aromatic heterocycles. The van der Waals surface area contributed by atoms with Crippen LogP contribution in [0, 0.1) is 22.7 Å². The van der Waals surface area contributed by atoms with Crippen molar-refractivity contribution in [2.45, 2.75) is 19.4 Å². The van der Waals surface area contributed by atoms with Gasteiger partial charge >= 0.3 is 0 Å². The normalized spacial score (nSPS) is 9.75. The molecule has 0 radical (unpaired) electrons. The maximum atomic E-state index is 8.80. The van der Waals surface area contributed by atoms with Crippen LogP contribution in [-0.4, -0.2) is 28.0 Å². The molecule has 2 heterocycles. The third kappa shape index (κ3) is 4.55. The summed E-state index contributed by atoms with van der Waals surface area (Å²) >= 11 is 0. The van der Waals surface area contributed by atoms with Crippen LogP contribution in [-0.2, 0) is 6.54 Å². The molecule has 8 heteroatoms. The maximum Gasteiger partial charge on any atom is 0.157 e. The first kappa shape index (κ1) is 17.0. The van der Waals surface area contributed by atoms with Gasteiger partial charge in [0.25, 0.3) is 0 Å². The van der Waals surface area contributed by atoms with Crippen molar-refractivity contribution >= 4 is 17.3 Å². The number of nitrogens with two attached hydrogens (primary N) is 1. The quantitative estimate of drug-likeness (QED) is 0.751. The first-order chi connectivity index (χ1) is 11.8. The monoisotopic (exact) mass is 322 g/mol. The molecule has 0 amide bonds. The average Bonchev–Trinajstić information content (AvgIpc) is 2.62. The highest BCUT2D eigenvalue weighted by Gasteiger charge is 2.15. The van der Waals surface area contributed by atoms with Crippen molar-refractivity contribution in [3.05, 3.63) is 36.4 Å². The van der Waals surface area contributed by atoms with E-state index < -0.39 is 0 Å². The number of nitrogens with zero attached hydrogens (tertiary/aromatic N) is 6. The van der Waals surface area contributed by atoms with Gasteiger partial charge in [0.1, 0.15) is 12.0 Å². The SMILES string of the molecule is N#CCCN(CCC#N)c1ncnc(NCc2cccnc2)c1N. The molecular weight excluding hydrogens is 304 g/mol. The largest absolute Gasteiger partial charge is 0.393 e. The number of pyridine rings is 1. The number of aromatic nitrogens is 3. The molecular formula is C16H18N8. The molecule has 0 fully saturated rings. The lowest BCUT2D eigenvalue weighted by Gasteiger charge is -2.23. The minimum atomic E-state index is 0.327. The summed E-state index contributed by atoms with van der Waals surface area (Å²) in [5, 5.41) is 20.8. The third-order valence-corrected chi connectivity index (χ3v) is 3.33.